The number of rotatable bonds is 10. The van der Waals surface area contributed by atoms with Crippen molar-refractivity contribution in [3.63, 3.8) is 0 Å². The number of hydrogen-bond acceptors (Lipinski definition) is 3. The Balaban J connectivity index is 2.09. The summed E-state index contributed by atoms with van der Waals surface area (Å²) in [6.07, 6.45) is 2.46. The summed E-state index contributed by atoms with van der Waals surface area (Å²) >= 11 is 0. The number of nitrogens with zero attached hydrogens (tertiary/aromatic N) is 2. The number of nitrogens with one attached hydrogen (secondary N) is 1. The van der Waals surface area contributed by atoms with Gasteiger partial charge in [0, 0.05) is 12.2 Å². The third-order valence-corrected chi connectivity index (χ3v) is 3.28. The minimum Gasteiger partial charge on any atom is -0.385 e. The van der Waals surface area contributed by atoms with Gasteiger partial charge in [-0.2, -0.15) is 0 Å². The van der Waals surface area contributed by atoms with Crippen molar-refractivity contribution in [1.82, 2.24) is 9.80 Å². The molecule has 108 valence electrons. The Bertz CT molecular complexity index is 311. The predicted octanol–water partition coefficient (Wildman–Crippen LogP) is 2.76. The summed E-state index contributed by atoms with van der Waals surface area (Å²) in [5.41, 5.74) is 1.22. The van der Waals surface area contributed by atoms with Gasteiger partial charge < -0.3 is 15.1 Å². The van der Waals surface area contributed by atoms with Gasteiger partial charge in [-0.05, 0) is 65.2 Å². The van der Waals surface area contributed by atoms with E-state index in [0.29, 0.717) is 0 Å². The average molecular weight is 263 g/mol. The van der Waals surface area contributed by atoms with Crippen LogP contribution in [0.1, 0.15) is 19.8 Å². The lowest BCUT2D eigenvalue weighted by Crippen LogP contribution is -2.29. The SMILES string of the molecule is CCN(CCCNc1ccccc1)CCCN(C)C. The number of para-hydroxylation sites is 1. The van der Waals surface area contributed by atoms with Crippen molar-refractivity contribution in [3.8, 4) is 0 Å². The van der Waals surface area contributed by atoms with Crippen LogP contribution in [0.15, 0.2) is 30.3 Å². The Morgan fingerprint density at radius 2 is 1.63 bits per heavy atom. The van der Waals surface area contributed by atoms with Gasteiger partial charge in [-0.15, -0.1) is 0 Å². The minimum atomic E-state index is 1.05. The van der Waals surface area contributed by atoms with Gasteiger partial charge in [0.05, 0.1) is 0 Å². The second kappa shape index (κ2) is 9.82. The normalized spacial score (nSPS) is 11.2. The van der Waals surface area contributed by atoms with Crippen LogP contribution < -0.4 is 5.32 Å². The first-order valence-corrected chi connectivity index (χ1v) is 7.38. The lowest BCUT2D eigenvalue weighted by molar-refractivity contribution is 0.266. The number of hydrogen-bond donors (Lipinski definition) is 1. The minimum absolute atomic E-state index is 1.05. The van der Waals surface area contributed by atoms with E-state index in [-0.39, 0.29) is 0 Å². The quantitative estimate of drug-likeness (QED) is 0.655. The number of benzene rings is 1. The molecule has 3 nitrogen and oxygen atoms in total. The molecule has 0 aromatic heterocycles. The number of anilines is 1. The Morgan fingerprint density at radius 3 is 2.26 bits per heavy atom. The molecule has 0 saturated carbocycles. The van der Waals surface area contributed by atoms with Crippen molar-refractivity contribution in [2.24, 2.45) is 0 Å². The zero-order valence-electron chi connectivity index (χ0n) is 12.7. The summed E-state index contributed by atoms with van der Waals surface area (Å²) in [7, 11) is 4.28. The molecule has 0 saturated heterocycles. The molecule has 0 aliphatic heterocycles. The van der Waals surface area contributed by atoms with E-state index in [9.17, 15) is 0 Å². The van der Waals surface area contributed by atoms with Gasteiger partial charge in [0.25, 0.3) is 0 Å². The second-order valence-corrected chi connectivity index (χ2v) is 5.24. The van der Waals surface area contributed by atoms with Gasteiger partial charge in [0.15, 0.2) is 0 Å². The van der Waals surface area contributed by atoms with Crippen LogP contribution >= 0.6 is 0 Å². The molecular formula is C16H29N3. The third kappa shape index (κ3) is 7.85. The van der Waals surface area contributed by atoms with E-state index in [2.05, 4.69) is 66.5 Å². The van der Waals surface area contributed by atoms with Crippen LogP contribution in [0.2, 0.25) is 0 Å². The molecule has 1 N–H and O–H groups in total. The van der Waals surface area contributed by atoms with Crippen LogP contribution in [0, 0.1) is 0 Å². The lowest BCUT2D eigenvalue weighted by atomic mass is 10.3. The third-order valence-electron chi connectivity index (χ3n) is 3.28. The van der Waals surface area contributed by atoms with Crippen molar-refractivity contribution in [2.45, 2.75) is 19.8 Å². The Labute approximate surface area is 118 Å². The fourth-order valence-corrected chi connectivity index (χ4v) is 2.13. The highest BCUT2D eigenvalue weighted by molar-refractivity contribution is 5.42. The molecule has 0 aliphatic carbocycles. The first kappa shape index (κ1) is 16.0. The molecule has 1 aromatic rings. The van der Waals surface area contributed by atoms with Gasteiger partial charge in [-0.1, -0.05) is 25.1 Å². The highest BCUT2D eigenvalue weighted by Crippen LogP contribution is 2.04. The summed E-state index contributed by atoms with van der Waals surface area (Å²) in [5, 5.41) is 3.46. The van der Waals surface area contributed by atoms with E-state index in [1.807, 2.05) is 0 Å². The first-order valence-electron chi connectivity index (χ1n) is 7.38. The van der Waals surface area contributed by atoms with Crippen LogP contribution in [-0.4, -0.2) is 56.6 Å². The molecule has 0 spiro atoms. The van der Waals surface area contributed by atoms with E-state index in [4.69, 9.17) is 0 Å². The zero-order valence-corrected chi connectivity index (χ0v) is 12.7. The van der Waals surface area contributed by atoms with Crippen molar-refractivity contribution in [1.29, 1.82) is 0 Å². The molecule has 19 heavy (non-hydrogen) atoms. The van der Waals surface area contributed by atoms with E-state index < -0.39 is 0 Å². The smallest absolute Gasteiger partial charge is 0.0340 e. The van der Waals surface area contributed by atoms with Crippen molar-refractivity contribution in [3.05, 3.63) is 30.3 Å². The van der Waals surface area contributed by atoms with Crippen molar-refractivity contribution in [2.75, 3.05) is 52.1 Å². The Hall–Kier alpha value is -1.06. The Morgan fingerprint density at radius 1 is 0.947 bits per heavy atom. The lowest BCUT2D eigenvalue weighted by Gasteiger charge is -2.21. The molecule has 1 aromatic carbocycles. The molecule has 0 bridgehead atoms. The van der Waals surface area contributed by atoms with Crippen molar-refractivity contribution >= 4 is 5.69 Å². The molecule has 0 amide bonds. The molecule has 0 atom stereocenters. The standard InChI is InChI=1S/C16H29N3/c1-4-19(15-9-13-18(2)3)14-8-12-17-16-10-6-5-7-11-16/h5-7,10-11,17H,4,8-9,12-15H2,1-3H3. The van der Waals surface area contributed by atoms with E-state index in [1.54, 1.807) is 0 Å². The molecule has 0 unspecified atom stereocenters. The maximum Gasteiger partial charge on any atom is 0.0340 e. The van der Waals surface area contributed by atoms with Gasteiger partial charge in [0.1, 0.15) is 0 Å². The molecule has 0 heterocycles. The maximum atomic E-state index is 3.46. The van der Waals surface area contributed by atoms with Gasteiger partial charge in [-0.25, -0.2) is 0 Å². The van der Waals surface area contributed by atoms with Gasteiger partial charge in [0.2, 0.25) is 0 Å². The van der Waals surface area contributed by atoms with Crippen LogP contribution in [-0.2, 0) is 0 Å². The molecule has 1 rings (SSSR count). The first-order chi connectivity index (χ1) is 9.22. The van der Waals surface area contributed by atoms with Crippen LogP contribution in [0.5, 0.6) is 0 Å². The zero-order chi connectivity index (χ0) is 13.9. The van der Waals surface area contributed by atoms with Crippen molar-refractivity contribution < 1.29 is 0 Å². The summed E-state index contributed by atoms with van der Waals surface area (Å²) in [5.74, 6) is 0. The van der Waals surface area contributed by atoms with Crippen LogP contribution in [0.4, 0.5) is 5.69 Å². The maximum absolute atomic E-state index is 3.46. The summed E-state index contributed by atoms with van der Waals surface area (Å²) < 4.78 is 0. The largest absolute Gasteiger partial charge is 0.385 e. The molecule has 0 fully saturated rings. The molecule has 3 heteroatoms. The monoisotopic (exact) mass is 263 g/mol. The molecule has 0 aliphatic rings. The fraction of sp³-hybridized carbons (Fsp3) is 0.625. The van der Waals surface area contributed by atoms with Gasteiger partial charge in [-0.3, -0.25) is 0 Å². The van der Waals surface area contributed by atoms with E-state index >= 15 is 0 Å². The fourth-order valence-electron chi connectivity index (χ4n) is 2.13. The highest BCUT2D eigenvalue weighted by Gasteiger charge is 2.02. The van der Waals surface area contributed by atoms with E-state index in [0.717, 1.165) is 13.1 Å². The second-order valence-electron chi connectivity index (χ2n) is 5.24. The van der Waals surface area contributed by atoms with Gasteiger partial charge >= 0.3 is 0 Å². The summed E-state index contributed by atoms with van der Waals surface area (Å²) in [6.45, 7) is 8.02. The van der Waals surface area contributed by atoms with Crippen LogP contribution in [0.3, 0.4) is 0 Å². The topological polar surface area (TPSA) is 18.5 Å². The summed E-state index contributed by atoms with van der Waals surface area (Å²) in [6, 6.07) is 10.4. The predicted molar refractivity (Wildman–Crippen MR) is 84.8 cm³/mol. The Kier molecular flexibility index (Phi) is 8.26. The molecular weight excluding hydrogens is 234 g/mol. The van der Waals surface area contributed by atoms with Crippen LogP contribution in [0.25, 0.3) is 0 Å². The highest BCUT2D eigenvalue weighted by atomic mass is 15.1. The summed E-state index contributed by atoms with van der Waals surface area (Å²) in [4.78, 5) is 4.79. The average Bonchev–Trinajstić information content (AvgIpc) is 2.42. The molecule has 0 radical (unpaired) electrons. The van der Waals surface area contributed by atoms with E-state index in [1.165, 1.54) is 38.2 Å².